The van der Waals surface area contributed by atoms with Crippen molar-refractivity contribution in [3.05, 3.63) is 0 Å². The second kappa shape index (κ2) is 8.77. The van der Waals surface area contributed by atoms with Crippen molar-refractivity contribution < 1.29 is 4.79 Å². The lowest BCUT2D eigenvalue weighted by Gasteiger charge is -2.61. The van der Waals surface area contributed by atoms with E-state index in [0.717, 1.165) is 48.3 Å². The van der Waals surface area contributed by atoms with Crippen molar-refractivity contribution in [2.24, 2.45) is 52.3 Å². The third-order valence-electron chi connectivity index (χ3n) is 11.3. The first-order chi connectivity index (χ1) is 14.6. The summed E-state index contributed by atoms with van der Waals surface area (Å²) in [6.45, 7) is 12.6. The molecule has 2 nitrogen and oxygen atoms in total. The van der Waals surface area contributed by atoms with Gasteiger partial charge >= 0.3 is 0 Å². The summed E-state index contributed by atoms with van der Waals surface area (Å²) in [4.78, 5) is 15.0. The zero-order chi connectivity index (χ0) is 22.6. The van der Waals surface area contributed by atoms with E-state index in [0.29, 0.717) is 22.5 Å². The number of carbonyl (C=O) groups excluding carboxylic acids is 1. The van der Waals surface area contributed by atoms with Gasteiger partial charge in [0.15, 0.2) is 0 Å². The van der Waals surface area contributed by atoms with E-state index in [1.54, 1.807) is 0 Å². The molecule has 4 rings (SSSR count). The first kappa shape index (κ1) is 23.8. The molecule has 4 aliphatic carbocycles. The molecule has 2 unspecified atom stereocenters. The van der Waals surface area contributed by atoms with Gasteiger partial charge < -0.3 is 0 Å². The highest BCUT2D eigenvalue weighted by Crippen LogP contribution is 2.68. The lowest BCUT2D eigenvalue weighted by Crippen LogP contribution is -2.57. The van der Waals surface area contributed by atoms with Gasteiger partial charge in [-0.25, -0.2) is 0 Å². The van der Waals surface area contributed by atoms with E-state index in [-0.39, 0.29) is 6.04 Å². The topological polar surface area (TPSA) is 20.3 Å². The van der Waals surface area contributed by atoms with Crippen molar-refractivity contribution in [1.29, 1.82) is 0 Å². The van der Waals surface area contributed by atoms with Crippen molar-refractivity contribution in [2.45, 2.75) is 111 Å². The molecule has 0 heterocycles. The maximum atomic E-state index is 12.8. The number of likely N-dealkylation sites (N-methyl/N-ethyl adjacent to an activating group) is 1. The summed E-state index contributed by atoms with van der Waals surface area (Å²) in [6, 6.07) is 0.158. The number of hydrogen-bond acceptors (Lipinski definition) is 2. The SMILES string of the molecule is CC(C)CCC[C@@H](C)[C@H]1CC[C@H]2[C@@H]3CCC4CC(=O)C(N(C)C)C[C@]4(C)[C@H]3CC[C@]12C. The minimum Gasteiger partial charge on any atom is -0.300 e. The number of fused-ring (bicyclic) bond motifs is 5. The molecule has 0 aromatic heterocycles. The van der Waals surface area contributed by atoms with Gasteiger partial charge in [-0.05, 0) is 111 Å². The number of hydrogen-bond donors (Lipinski definition) is 0. The average molecular weight is 430 g/mol. The average Bonchev–Trinajstić information content (AvgIpc) is 3.05. The third-order valence-corrected chi connectivity index (χ3v) is 11.3. The van der Waals surface area contributed by atoms with Crippen LogP contribution < -0.4 is 0 Å². The Kier molecular flexibility index (Phi) is 6.73. The second-order valence-corrected chi connectivity index (χ2v) is 13.5. The van der Waals surface area contributed by atoms with Crippen molar-refractivity contribution in [1.82, 2.24) is 4.90 Å². The normalized spacial score (nSPS) is 46.0. The van der Waals surface area contributed by atoms with E-state index in [4.69, 9.17) is 0 Å². The Morgan fingerprint density at radius 2 is 1.65 bits per heavy atom. The smallest absolute Gasteiger partial charge is 0.150 e. The van der Waals surface area contributed by atoms with Crippen LogP contribution in [0.15, 0.2) is 0 Å². The van der Waals surface area contributed by atoms with Crippen molar-refractivity contribution in [2.75, 3.05) is 14.1 Å². The Morgan fingerprint density at radius 3 is 2.32 bits per heavy atom. The molecule has 0 bridgehead atoms. The largest absolute Gasteiger partial charge is 0.300 e. The fraction of sp³-hybridized carbons (Fsp3) is 0.966. The highest BCUT2D eigenvalue weighted by Gasteiger charge is 2.61. The van der Waals surface area contributed by atoms with Gasteiger partial charge in [0.2, 0.25) is 0 Å². The monoisotopic (exact) mass is 429 g/mol. The van der Waals surface area contributed by atoms with E-state index in [1.165, 1.54) is 57.8 Å². The fourth-order valence-electron chi connectivity index (χ4n) is 9.59. The third kappa shape index (κ3) is 4.06. The van der Waals surface area contributed by atoms with Crippen LogP contribution in [0.25, 0.3) is 0 Å². The summed E-state index contributed by atoms with van der Waals surface area (Å²) in [7, 11) is 4.24. The predicted octanol–water partition coefficient (Wildman–Crippen LogP) is 7.22. The first-order valence-corrected chi connectivity index (χ1v) is 13.8. The molecule has 0 amide bonds. The molecule has 178 valence electrons. The molecule has 4 aliphatic rings. The van der Waals surface area contributed by atoms with Crippen molar-refractivity contribution in [3.8, 4) is 0 Å². The molecule has 0 aromatic carbocycles. The lowest BCUT2D eigenvalue weighted by molar-refractivity contribution is -0.149. The fourth-order valence-corrected chi connectivity index (χ4v) is 9.59. The minimum absolute atomic E-state index is 0.158. The molecular formula is C29H51NO. The highest BCUT2D eigenvalue weighted by atomic mass is 16.1. The number of rotatable bonds is 6. The minimum atomic E-state index is 0.158. The van der Waals surface area contributed by atoms with E-state index in [2.05, 4.69) is 53.6 Å². The second-order valence-electron chi connectivity index (χ2n) is 13.5. The standard InChI is InChI=1S/C29H51NO/c1-19(2)9-8-10-20(3)23-13-14-24-22-12-11-21-17-27(31)26(30(6)7)18-29(21,5)25(22)15-16-28(23,24)4/h19-26H,8-18H2,1-7H3/t20-,21?,22+,23-,24+,25+,26?,28-,29+/m1/s1. The molecule has 9 atom stereocenters. The highest BCUT2D eigenvalue weighted by molar-refractivity contribution is 5.85. The van der Waals surface area contributed by atoms with Gasteiger partial charge in [-0.15, -0.1) is 0 Å². The van der Waals surface area contributed by atoms with E-state index >= 15 is 0 Å². The molecule has 0 N–H and O–H groups in total. The maximum absolute atomic E-state index is 12.8. The summed E-state index contributed by atoms with van der Waals surface area (Å²) in [5.74, 6) is 6.56. The zero-order valence-corrected chi connectivity index (χ0v) is 21.8. The Balaban J connectivity index is 1.49. The van der Waals surface area contributed by atoms with Gasteiger partial charge in [-0.3, -0.25) is 9.69 Å². The van der Waals surface area contributed by atoms with Crippen LogP contribution in [0.3, 0.4) is 0 Å². The number of nitrogens with zero attached hydrogens (tertiary/aromatic N) is 1. The van der Waals surface area contributed by atoms with Crippen LogP contribution in [0.1, 0.15) is 105 Å². The van der Waals surface area contributed by atoms with Crippen LogP contribution in [-0.2, 0) is 4.79 Å². The van der Waals surface area contributed by atoms with Gasteiger partial charge in [0.05, 0.1) is 6.04 Å². The summed E-state index contributed by atoms with van der Waals surface area (Å²) in [5.41, 5.74) is 0.959. The number of Topliss-reactive ketones (excluding diaryl/α,β-unsaturated/α-hetero) is 1. The Labute approximate surface area is 193 Å². The van der Waals surface area contributed by atoms with Gasteiger partial charge in [-0.2, -0.15) is 0 Å². The molecule has 4 saturated carbocycles. The van der Waals surface area contributed by atoms with Gasteiger partial charge in [0, 0.05) is 6.42 Å². The maximum Gasteiger partial charge on any atom is 0.150 e. The Morgan fingerprint density at radius 1 is 0.935 bits per heavy atom. The van der Waals surface area contributed by atoms with Crippen LogP contribution in [0.2, 0.25) is 0 Å². The van der Waals surface area contributed by atoms with Crippen LogP contribution in [0.5, 0.6) is 0 Å². The van der Waals surface area contributed by atoms with Crippen molar-refractivity contribution >= 4 is 5.78 Å². The molecular weight excluding hydrogens is 378 g/mol. The van der Waals surface area contributed by atoms with Gasteiger partial charge in [0.1, 0.15) is 5.78 Å². The predicted molar refractivity (Wildman–Crippen MR) is 131 cm³/mol. The van der Waals surface area contributed by atoms with Crippen LogP contribution in [0, 0.1) is 52.3 Å². The molecule has 0 radical (unpaired) electrons. The zero-order valence-electron chi connectivity index (χ0n) is 21.8. The number of ketones is 1. The number of carbonyl (C=O) groups is 1. The van der Waals surface area contributed by atoms with E-state index < -0.39 is 0 Å². The molecule has 2 heteroatoms. The van der Waals surface area contributed by atoms with Crippen LogP contribution >= 0.6 is 0 Å². The van der Waals surface area contributed by atoms with Crippen molar-refractivity contribution in [3.63, 3.8) is 0 Å². The molecule has 31 heavy (non-hydrogen) atoms. The molecule has 0 aliphatic heterocycles. The van der Waals surface area contributed by atoms with E-state index in [9.17, 15) is 4.79 Å². The summed E-state index contributed by atoms with van der Waals surface area (Å²) < 4.78 is 0. The lowest BCUT2D eigenvalue weighted by atomic mass is 9.44. The summed E-state index contributed by atoms with van der Waals surface area (Å²) >= 11 is 0. The Hall–Kier alpha value is -0.370. The van der Waals surface area contributed by atoms with Gasteiger partial charge in [-0.1, -0.05) is 53.9 Å². The first-order valence-electron chi connectivity index (χ1n) is 13.8. The molecule has 4 fully saturated rings. The molecule has 0 spiro atoms. The quantitative estimate of drug-likeness (QED) is 0.444. The van der Waals surface area contributed by atoms with Gasteiger partial charge in [0.25, 0.3) is 0 Å². The molecule has 0 aromatic rings. The summed E-state index contributed by atoms with van der Waals surface area (Å²) in [6.07, 6.45) is 14.8. The van der Waals surface area contributed by atoms with Crippen LogP contribution in [-0.4, -0.2) is 30.8 Å². The summed E-state index contributed by atoms with van der Waals surface area (Å²) in [5, 5.41) is 0. The van der Waals surface area contributed by atoms with E-state index in [1.807, 2.05) is 0 Å². The van der Waals surface area contributed by atoms with Crippen LogP contribution in [0.4, 0.5) is 0 Å². The Bertz CT molecular complexity index is 655. The molecule has 0 saturated heterocycles.